The van der Waals surface area contributed by atoms with Crippen molar-refractivity contribution < 1.29 is 19.4 Å². The molecule has 0 saturated carbocycles. The molecule has 0 radical (unpaired) electrons. The standard InChI is InChI=1S/C18H21N3O4/c1-24-17-3-2-13(10-16(17)22)11-20-18(23)14-4-5-19-12-15(14)21-6-8-25-9-7-21/h2-5,10,12,22H,6-9,11H2,1H3,(H,20,23). The van der Waals surface area contributed by atoms with Crippen molar-refractivity contribution in [3.8, 4) is 11.5 Å². The van der Waals surface area contributed by atoms with Crippen LogP contribution >= 0.6 is 0 Å². The summed E-state index contributed by atoms with van der Waals surface area (Å²) in [4.78, 5) is 18.8. The van der Waals surface area contributed by atoms with Crippen molar-refractivity contribution in [2.45, 2.75) is 6.54 Å². The third-order valence-corrected chi connectivity index (χ3v) is 4.09. The van der Waals surface area contributed by atoms with Crippen molar-refractivity contribution in [3.63, 3.8) is 0 Å². The predicted molar refractivity (Wildman–Crippen MR) is 93.1 cm³/mol. The van der Waals surface area contributed by atoms with Crippen LogP contribution in [0.1, 0.15) is 15.9 Å². The number of anilines is 1. The number of amides is 1. The van der Waals surface area contributed by atoms with Crippen LogP contribution in [-0.4, -0.2) is 49.4 Å². The molecule has 132 valence electrons. The van der Waals surface area contributed by atoms with Crippen LogP contribution in [0.25, 0.3) is 0 Å². The van der Waals surface area contributed by atoms with E-state index in [4.69, 9.17) is 9.47 Å². The van der Waals surface area contributed by atoms with Crippen LogP contribution in [0.4, 0.5) is 5.69 Å². The molecular weight excluding hydrogens is 322 g/mol. The molecule has 1 aromatic carbocycles. The second-order valence-corrected chi connectivity index (χ2v) is 5.68. The molecule has 1 aromatic heterocycles. The van der Waals surface area contributed by atoms with Crippen molar-refractivity contribution in [1.82, 2.24) is 10.3 Å². The normalized spacial score (nSPS) is 14.2. The molecular formula is C18H21N3O4. The fourth-order valence-electron chi connectivity index (χ4n) is 2.76. The van der Waals surface area contributed by atoms with Crippen LogP contribution in [0, 0.1) is 0 Å². The van der Waals surface area contributed by atoms with Crippen LogP contribution in [0.2, 0.25) is 0 Å². The molecule has 1 aliphatic heterocycles. The first-order chi connectivity index (χ1) is 12.2. The number of carbonyl (C=O) groups is 1. The van der Waals surface area contributed by atoms with Gasteiger partial charge >= 0.3 is 0 Å². The number of hydrogen-bond acceptors (Lipinski definition) is 6. The summed E-state index contributed by atoms with van der Waals surface area (Å²) in [5.74, 6) is 0.269. The van der Waals surface area contributed by atoms with Gasteiger partial charge in [0.1, 0.15) is 0 Å². The molecule has 2 heterocycles. The van der Waals surface area contributed by atoms with E-state index in [0.717, 1.165) is 24.3 Å². The lowest BCUT2D eigenvalue weighted by Crippen LogP contribution is -2.38. The Morgan fingerprint density at radius 2 is 2.16 bits per heavy atom. The maximum Gasteiger partial charge on any atom is 0.253 e. The summed E-state index contributed by atoms with van der Waals surface area (Å²) in [6.45, 7) is 3.06. The highest BCUT2D eigenvalue weighted by Gasteiger charge is 2.18. The van der Waals surface area contributed by atoms with Gasteiger partial charge in [0.25, 0.3) is 5.91 Å². The number of methoxy groups -OCH3 is 1. The number of phenols is 1. The number of ether oxygens (including phenoxy) is 2. The van der Waals surface area contributed by atoms with E-state index in [1.54, 1.807) is 36.7 Å². The minimum atomic E-state index is -0.181. The van der Waals surface area contributed by atoms with Gasteiger partial charge in [-0.3, -0.25) is 9.78 Å². The second-order valence-electron chi connectivity index (χ2n) is 5.68. The molecule has 2 N–H and O–H groups in total. The van der Waals surface area contributed by atoms with Crippen LogP contribution in [-0.2, 0) is 11.3 Å². The number of aromatic nitrogens is 1. The lowest BCUT2D eigenvalue weighted by Gasteiger charge is -2.29. The van der Waals surface area contributed by atoms with Crippen LogP contribution in [0.5, 0.6) is 11.5 Å². The molecule has 1 amide bonds. The lowest BCUT2D eigenvalue weighted by molar-refractivity contribution is 0.0949. The SMILES string of the molecule is COc1ccc(CNC(=O)c2ccncc2N2CCOCC2)cc1O. The van der Waals surface area contributed by atoms with Gasteiger partial charge in [-0.25, -0.2) is 0 Å². The van der Waals surface area contributed by atoms with E-state index in [-0.39, 0.29) is 11.7 Å². The number of nitrogens with zero attached hydrogens (tertiary/aromatic N) is 2. The van der Waals surface area contributed by atoms with Crippen LogP contribution < -0.4 is 15.0 Å². The Morgan fingerprint density at radius 1 is 1.36 bits per heavy atom. The fraction of sp³-hybridized carbons (Fsp3) is 0.333. The first-order valence-corrected chi connectivity index (χ1v) is 8.10. The Kier molecular flexibility index (Phi) is 5.35. The molecule has 0 bridgehead atoms. The van der Waals surface area contributed by atoms with Crippen molar-refractivity contribution in [2.75, 3.05) is 38.3 Å². The number of rotatable bonds is 5. The molecule has 3 rings (SSSR count). The van der Waals surface area contributed by atoms with Crippen LogP contribution in [0.3, 0.4) is 0 Å². The van der Waals surface area contributed by atoms with E-state index in [1.165, 1.54) is 7.11 Å². The molecule has 25 heavy (non-hydrogen) atoms. The third-order valence-electron chi connectivity index (χ3n) is 4.09. The molecule has 7 nitrogen and oxygen atoms in total. The average Bonchev–Trinajstić information content (AvgIpc) is 2.67. The number of aromatic hydroxyl groups is 1. The zero-order valence-corrected chi connectivity index (χ0v) is 14.1. The highest BCUT2D eigenvalue weighted by atomic mass is 16.5. The lowest BCUT2D eigenvalue weighted by atomic mass is 10.1. The van der Waals surface area contributed by atoms with Gasteiger partial charge in [-0.05, 0) is 23.8 Å². The number of phenolic OH excluding ortho intramolecular Hbond substituents is 1. The number of morpholine rings is 1. The minimum Gasteiger partial charge on any atom is -0.504 e. The van der Waals surface area contributed by atoms with Crippen molar-refractivity contribution >= 4 is 11.6 Å². The van der Waals surface area contributed by atoms with Gasteiger partial charge in [0.05, 0.1) is 37.8 Å². The zero-order valence-electron chi connectivity index (χ0n) is 14.1. The fourth-order valence-corrected chi connectivity index (χ4v) is 2.76. The summed E-state index contributed by atoms with van der Waals surface area (Å²) in [6.07, 6.45) is 3.32. The molecule has 0 unspecified atom stereocenters. The summed E-state index contributed by atoms with van der Waals surface area (Å²) in [7, 11) is 1.49. The van der Waals surface area contributed by atoms with E-state index in [9.17, 15) is 9.90 Å². The van der Waals surface area contributed by atoms with Gasteiger partial charge in [0, 0.05) is 25.8 Å². The zero-order chi connectivity index (χ0) is 17.6. The number of benzene rings is 1. The molecule has 0 spiro atoms. The van der Waals surface area contributed by atoms with Gasteiger partial charge in [-0.1, -0.05) is 6.07 Å². The quantitative estimate of drug-likeness (QED) is 0.857. The minimum absolute atomic E-state index is 0.0483. The smallest absolute Gasteiger partial charge is 0.253 e. The molecule has 1 fully saturated rings. The first kappa shape index (κ1) is 17.0. The average molecular weight is 343 g/mol. The molecule has 2 aromatic rings. The summed E-state index contributed by atoms with van der Waals surface area (Å²) >= 11 is 0. The number of hydrogen-bond donors (Lipinski definition) is 2. The Balaban J connectivity index is 1.70. The van der Waals surface area contributed by atoms with Crippen molar-refractivity contribution in [3.05, 3.63) is 47.8 Å². The Bertz CT molecular complexity index is 745. The van der Waals surface area contributed by atoms with Crippen molar-refractivity contribution in [2.24, 2.45) is 0 Å². The molecule has 0 aliphatic carbocycles. The monoisotopic (exact) mass is 343 g/mol. The van der Waals surface area contributed by atoms with Gasteiger partial charge in [-0.2, -0.15) is 0 Å². The van der Waals surface area contributed by atoms with Gasteiger partial charge in [0.15, 0.2) is 11.5 Å². The summed E-state index contributed by atoms with van der Waals surface area (Å²) in [6, 6.07) is 6.76. The number of carbonyl (C=O) groups excluding carboxylic acids is 1. The largest absolute Gasteiger partial charge is 0.504 e. The molecule has 1 saturated heterocycles. The second kappa shape index (κ2) is 7.85. The Labute approximate surface area is 146 Å². The Hall–Kier alpha value is -2.80. The van der Waals surface area contributed by atoms with Gasteiger partial charge in [0.2, 0.25) is 0 Å². The molecule has 0 atom stereocenters. The number of nitrogens with one attached hydrogen (secondary N) is 1. The highest BCUT2D eigenvalue weighted by Crippen LogP contribution is 2.26. The van der Waals surface area contributed by atoms with E-state index < -0.39 is 0 Å². The van der Waals surface area contributed by atoms with Crippen LogP contribution in [0.15, 0.2) is 36.7 Å². The number of pyridine rings is 1. The van der Waals surface area contributed by atoms with E-state index in [2.05, 4.69) is 15.2 Å². The first-order valence-electron chi connectivity index (χ1n) is 8.10. The van der Waals surface area contributed by atoms with E-state index in [1.807, 2.05) is 0 Å². The topological polar surface area (TPSA) is 83.9 Å². The van der Waals surface area contributed by atoms with Gasteiger partial charge in [-0.15, -0.1) is 0 Å². The maximum atomic E-state index is 12.6. The van der Waals surface area contributed by atoms with Crippen molar-refractivity contribution in [1.29, 1.82) is 0 Å². The summed E-state index contributed by atoms with van der Waals surface area (Å²) < 4.78 is 10.4. The molecule has 7 heteroatoms. The summed E-state index contributed by atoms with van der Waals surface area (Å²) in [5, 5.41) is 12.7. The Morgan fingerprint density at radius 3 is 2.88 bits per heavy atom. The highest BCUT2D eigenvalue weighted by molar-refractivity contribution is 5.99. The maximum absolute atomic E-state index is 12.6. The molecule has 1 aliphatic rings. The van der Waals surface area contributed by atoms with E-state index in [0.29, 0.717) is 31.1 Å². The summed E-state index contributed by atoms with van der Waals surface area (Å²) in [5.41, 5.74) is 2.17. The predicted octanol–water partition coefficient (Wildman–Crippen LogP) is 1.56. The van der Waals surface area contributed by atoms with E-state index >= 15 is 0 Å². The van der Waals surface area contributed by atoms with Gasteiger partial charge < -0.3 is 24.8 Å². The third kappa shape index (κ3) is 4.00.